The molecule has 8 nitrogen and oxygen atoms in total. The van der Waals surface area contributed by atoms with Gasteiger partial charge in [-0.3, -0.25) is 14.4 Å². The molecule has 3 saturated heterocycles. The predicted molar refractivity (Wildman–Crippen MR) is 143 cm³/mol. The quantitative estimate of drug-likeness (QED) is 0.332. The van der Waals surface area contributed by atoms with Crippen LogP contribution in [0.15, 0.2) is 43.0 Å². The molecule has 3 heterocycles. The van der Waals surface area contributed by atoms with Gasteiger partial charge in [0.15, 0.2) is 0 Å². The van der Waals surface area contributed by atoms with Crippen molar-refractivity contribution in [3.8, 4) is 0 Å². The smallest absolute Gasteiger partial charge is 0.312 e. The second kappa shape index (κ2) is 11.2. The van der Waals surface area contributed by atoms with Gasteiger partial charge < -0.3 is 24.4 Å². The molecule has 3 aliphatic rings. The van der Waals surface area contributed by atoms with Gasteiger partial charge in [0.25, 0.3) is 0 Å². The van der Waals surface area contributed by atoms with Gasteiger partial charge in [-0.15, -0.1) is 6.58 Å². The van der Waals surface area contributed by atoms with Crippen LogP contribution in [0.5, 0.6) is 0 Å². The van der Waals surface area contributed by atoms with Gasteiger partial charge in [-0.1, -0.05) is 56.7 Å². The van der Waals surface area contributed by atoms with Crippen molar-refractivity contribution in [2.45, 2.75) is 76.7 Å². The number of carbonyl (C=O) groups is 3. The largest absolute Gasteiger partial charge is 0.466 e. The molecule has 0 saturated carbocycles. The molecule has 2 amide bonds. The van der Waals surface area contributed by atoms with E-state index in [0.717, 1.165) is 18.4 Å². The summed E-state index contributed by atoms with van der Waals surface area (Å²) in [5.41, 5.74) is -1.14. The van der Waals surface area contributed by atoms with Gasteiger partial charge in [-0.05, 0) is 44.6 Å². The SMILES string of the molecule is C=CCN(CCCC)C(=O)C1N([C@@H](CO)Cc2ccccc2)C(=O)[C@@H]2[C@H](C(=O)OCC)[C@@]3(C)OC12CC3C. The van der Waals surface area contributed by atoms with E-state index in [1.807, 2.05) is 44.2 Å². The minimum atomic E-state index is -1.17. The van der Waals surface area contributed by atoms with Crippen LogP contribution >= 0.6 is 0 Å². The minimum Gasteiger partial charge on any atom is -0.466 e. The van der Waals surface area contributed by atoms with Crippen LogP contribution in [0.4, 0.5) is 0 Å². The van der Waals surface area contributed by atoms with E-state index >= 15 is 0 Å². The number of hydrogen-bond donors (Lipinski definition) is 1. The summed E-state index contributed by atoms with van der Waals surface area (Å²) in [6, 6.07) is 8.01. The molecule has 0 radical (unpaired) electrons. The molecule has 1 spiro atoms. The van der Waals surface area contributed by atoms with Crippen molar-refractivity contribution in [3.63, 3.8) is 0 Å². The Morgan fingerprint density at radius 1 is 1.32 bits per heavy atom. The third-order valence-corrected chi connectivity index (χ3v) is 8.89. The Morgan fingerprint density at radius 3 is 2.63 bits per heavy atom. The number of rotatable bonds is 12. The summed E-state index contributed by atoms with van der Waals surface area (Å²) in [6.07, 6.45) is 4.26. The van der Waals surface area contributed by atoms with E-state index in [0.29, 0.717) is 25.9 Å². The van der Waals surface area contributed by atoms with Gasteiger partial charge in [0.1, 0.15) is 17.6 Å². The third kappa shape index (κ3) is 4.45. The van der Waals surface area contributed by atoms with E-state index in [1.54, 1.807) is 22.8 Å². The maximum absolute atomic E-state index is 14.4. The van der Waals surface area contributed by atoms with E-state index in [9.17, 15) is 19.5 Å². The second-order valence-corrected chi connectivity index (χ2v) is 11.2. The van der Waals surface area contributed by atoms with Crippen LogP contribution in [0.3, 0.4) is 0 Å². The molecule has 1 aromatic carbocycles. The summed E-state index contributed by atoms with van der Waals surface area (Å²) in [5, 5.41) is 10.6. The number of benzene rings is 1. The van der Waals surface area contributed by atoms with Crippen molar-refractivity contribution in [1.82, 2.24) is 9.80 Å². The van der Waals surface area contributed by atoms with Gasteiger partial charge in [0, 0.05) is 13.1 Å². The van der Waals surface area contributed by atoms with E-state index in [2.05, 4.69) is 13.5 Å². The van der Waals surface area contributed by atoms with Crippen LogP contribution < -0.4 is 0 Å². The summed E-state index contributed by atoms with van der Waals surface area (Å²) < 4.78 is 12.2. The molecule has 3 aliphatic heterocycles. The van der Waals surface area contributed by atoms with Crippen molar-refractivity contribution < 1.29 is 29.0 Å². The number of aliphatic hydroxyl groups is 1. The van der Waals surface area contributed by atoms with Crippen LogP contribution in [0, 0.1) is 17.8 Å². The Bertz CT molecular complexity index is 1050. The molecule has 0 aliphatic carbocycles. The number of ether oxygens (including phenoxy) is 2. The van der Waals surface area contributed by atoms with Gasteiger partial charge in [0.2, 0.25) is 11.8 Å². The Morgan fingerprint density at radius 2 is 2.03 bits per heavy atom. The van der Waals surface area contributed by atoms with Gasteiger partial charge in [-0.2, -0.15) is 0 Å². The number of fused-ring (bicyclic) bond motifs is 1. The fourth-order valence-corrected chi connectivity index (χ4v) is 7.05. The molecule has 8 heteroatoms. The molecular formula is C30H42N2O6. The number of esters is 1. The van der Waals surface area contributed by atoms with E-state index in [4.69, 9.17) is 9.47 Å². The highest BCUT2D eigenvalue weighted by Gasteiger charge is 2.80. The molecule has 2 bridgehead atoms. The summed E-state index contributed by atoms with van der Waals surface area (Å²) in [7, 11) is 0. The lowest BCUT2D eigenvalue weighted by atomic mass is 9.62. The van der Waals surface area contributed by atoms with Crippen LogP contribution in [0.25, 0.3) is 0 Å². The van der Waals surface area contributed by atoms with E-state index in [-0.39, 0.29) is 30.9 Å². The fraction of sp³-hybridized carbons (Fsp3) is 0.633. The summed E-state index contributed by atoms with van der Waals surface area (Å²) in [5.74, 6) is -2.74. The zero-order valence-corrected chi connectivity index (χ0v) is 23.1. The number of nitrogens with zero attached hydrogens (tertiary/aromatic N) is 2. The molecule has 1 N–H and O–H groups in total. The molecule has 38 heavy (non-hydrogen) atoms. The zero-order valence-electron chi connectivity index (χ0n) is 23.1. The highest BCUT2D eigenvalue weighted by atomic mass is 16.6. The average molecular weight is 527 g/mol. The highest BCUT2D eigenvalue weighted by Crippen LogP contribution is 2.65. The topological polar surface area (TPSA) is 96.4 Å². The number of carbonyl (C=O) groups excluding carboxylic acids is 3. The molecule has 0 aromatic heterocycles. The highest BCUT2D eigenvalue weighted by molar-refractivity contribution is 5.98. The van der Waals surface area contributed by atoms with Crippen molar-refractivity contribution in [1.29, 1.82) is 0 Å². The lowest BCUT2D eigenvalue weighted by Crippen LogP contribution is -2.59. The van der Waals surface area contributed by atoms with Crippen LogP contribution in [0.1, 0.15) is 52.5 Å². The lowest BCUT2D eigenvalue weighted by molar-refractivity contribution is -0.163. The molecule has 3 unspecified atom stereocenters. The van der Waals surface area contributed by atoms with Crippen LogP contribution in [-0.4, -0.2) is 82.3 Å². The monoisotopic (exact) mass is 526 g/mol. The molecule has 7 atom stereocenters. The maximum atomic E-state index is 14.4. The fourth-order valence-electron chi connectivity index (χ4n) is 7.05. The minimum absolute atomic E-state index is 0.0681. The van der Waals surface area contributed by atoms with Crippen molar-refractivity contribution in [3.05, 3.63) is 48.6 Å². The van der Waals surface area contributed by atoms with Crippen LogP contribution in [-0.2, 0) is 30.3 Å². The number of aliphatic hydroxyl groups excluding tert-OH is 1. The van der Waals surface area contributed by atoms with Crippen molar-refractivity contribution in [2.24, 2.45) is 17.8 Å². The Balaban J connectivity index is 1.83. The molecule has 1 aromatic rings. The first-order valence-corrected chi connectivity index (χ1v) is 13.9. The zero-order chi connectivity index (χ0) is 27.7. The number of amides is 2. The first kappa shape index (κ1) is 28.3. The van der Waals surface area contributed by atoms with Crippen molar-refractivity contribution >= 4 is 17.8 Å². The first-order valence-electron chi connectivity index (χ1n) is 13.9. The van der Waals surface area contributed by atoms with Gasteiger partial charge >= 0.3 is 5.97 Å². The lowest BCUT2D eigenvalue weighted by Gasteiger charge is -2.39. The van der Waals surface area contributed by atoms with E-state index in [1.165, 1.54) is 0 Å². The summed E-state index contributed by atoms with van der Waals surface area (Å²) in [6.45, 7) is 12.3. The molecular weight excluding hydrogens is 484 g/mol. The molecule has 3 fully saturated rings. The first-order chi connectivity index (χ1) is 18.2. The maximum Gasteiger partial charge on any atom is 0.312 e. The second-order valence-electron chi connectivity index (χ2n) is 11.2. The molecule has 208 valence electrons. The van der Waals surface area contributed by atoms with Gasteiger partial charge in [0.05, 0.1) is 30.8 Å². The Hall–Kier alpha value is -2.71. The standard InChI is InChI=1S/C30H42N2O6/c1-6-9-16-31(15-7-2)27(35)25-30-18-20(4)29(5,38-30)24(28(36)37-8-3)23(30)26(34)32(25)22(19-33)17-21-13-11-10-12-14-21/h7,10-14,20,22-25,33H,2,6,8-9,15-19H2,1,3-5H3/t20?,22-,23+,24-,25?,29+,30?/m1/s1. The Labute approximate surface area is 226 Å². The average Bonchev–Trinajstić information content (AvgIpc) is 3.42. The number of likely N-dealkylation sites (tertiary alicyclic amines) is 1. The number of unbranched alkanes of at least 4 members (excludes halogenated alkanes) is 1. The predicted octanol–water partition coefficient (Wildman–Crippen LogP) is 2.98. The third-order valence-electron chi connectivity index (χ3n) is 8.89. The summed E-state index contributed by atoms with van der Waals surface area (Å²) >= 11 is 0. The Kier molecular flexibility index (Phi) is 8.33. The summed E-state index contributed by atoms with van der Waals surface area (Å²) in [4.78, 5) is 45.4. The van der Waals surface area contributed by atoms with Crippen LogP contribution in [0.2, 0.25) is 0 Å². The van der Waals surface area contributed by atoms with E-state index < -0.39 is 41.1 Å². The molecule has 4 rings (SSSR count). The number of hydrogen-bond acceptors (Lipinski definition) is 6. The normalized spacial score (nSPS) is 32.2. The van der Waals surface area contributed by atoms with Gasteiger partial charge in [-0.25, -0.2) is 0 Å². The van der Waals surface area contributed by atoms with Crippen molar-refractivity contribution in [2.75, 3.05) is 26.3 Å².